The molecule has 0 fully saturated rings. The Morgan fingerprint density at radius 2 is 1.88 bits per heavy atom. The number of sulfonamides is 1. The Balaban J connectivity index is 1.85. The summed E-state index contributed by atoms with van der Waals surface area (Å²) in [6, 6.07) is 4.83. The van der Waals surface area contributed by atoms with Crippen molar-refractivity contribution in [2.75, 3.05) is 31.5 Å². The first-order valence-electron chi connectivity index (χ1n) is 7.12. The molecule has 1 aromatic heterocycles. The number of primary sulfonamides is 1. The Morgan fingerprint density at radius 3 is 2.52 bits per heavy atom. The molecule has 0 saturated heterocycles. The molecule has 10 nitrogen and oxygen atoms in total. The largest absolute Gasteiger partial charge is 0.480 e. The van der Waals surface area contributed by atoms with E-state index in [1.807, 2.05) is 0 Å². The first-order valence-corrected chi connectivity index (χ1v) is 9.48. The fourth-order valence-corrected chi connectivity index (χ4v) is 3.58. The van der Waals surface area contributed by atoms with Crippen LogP contribution in [0.5, 0.6) is 0 Å². The normalized spacial score (nSPS) is 11.6. The van der Waals surface area contributed by atoms with E-state index in [9.17, 15) is 18.0 Å². The second-order valence-corrected chi connectivity index (χ2v) is 7.77. The third kappa shape index (κ3) is 6.03. The molecule has 2 aromatic rings. The van der Waals surface area contributed by atoms with Crippen molar-refractivity contribution in [3.05, 3.63) is 18.2 Å². The minimum absolute atomic E-state index is 0.0535. The molecule has 0 aliphatic heterocycles. The van der Waals surface area contributed by atoms with Crippen LogP contribution in [0.2, 0.25) is 0 Å². The standard InChI is InChI=1S/C13H17N5O5S2/c14-25(22,23)13-18-9-2-1-8(5-10(9)24-13)17-11(19)6-15-3-4-16-7-12(20)21/h1-2,5,15-16H,3-4,6-7H2,(H,17,19)(H,20,21)(H2,14,22,23). The minimum Gasteiger partial charge on any atom is -0.480 e. The zero-order valence-corrected chi connectivity index (χ0v) is 14.6. The summed E-state index contributed by atoms with van der Waals surface area (Å²) in [5.74, 6) is -1.23. The fourth-order valence-electron chi connectivity index (χ4n) is 1.88. The van der Waals surface area contributed by atoms with E-state index in [4.69, 9.17) is 10.2 Å². The summed E-state index contributed by atoms with van der Waals surface area (Å²) in [6.45, 7) is 0.774. The lowest BCUT2D eigenvalue weighted by molar-refractivity contribution is -0.136. The van der Waals surface area contributed by atoms with Gasteiger partial charge < -0.3 is 21.1 Å². The van der Waals surface area contributed by atoms with Crippen LogP contribution in [0.3, 0.4) is 0 Å². The summed E-state index contributed by atoms with van der Waals surface area (Å²) in [5.41, 5.74) is 0.988. The van der Waals surface area contributed by atoms with Crippen molar-refractivity contribution < 1.29 is 23.1 Å². The summed E-state index contributed by atoms with van der Waals surface area (Å²) >= 11 is 0.927. The van der Waals surface area contributed by atoms with E-state index in [0.717, 1.165) is 11.3 Å². The summed E-state index contributed by atoms with van der Waals surface area (Å²) in [6.07, 6.45) is 0. The van der Waals surface area contributed by atoms with Crippen molar-refractivity contribution in [3.63, 3.8) is 0 Å². The van der Waals surface area contributed by atoms with Gasteiger partial charge in [-0.3, -0.25) is 9.59 Å². The van der Waals surface area contributed by atoms with Crippen LogP contribution in [-0.4, -0.2) is 56.6 Å². The van der Waals surface area contributed by atoms with Crippen LogP contribution in [0, 0.1) is 0 Å². The molecule has 136 valence electrons. The Labute approximate surface area is 147 Å². The molecule has 12 heteroatoms. The lowest BCUT2D eigenvalue weighted by Crippen LogP contribution is -2.35. The molecule has 0 aliphatic rings. The third-order valence-electron chi connectivity index (χ3n) is 2.94. The number of hydrogen-bond donors (Lipinski definition) is 5. The molecule has 0 radical (unpaired) electrons. The van der Waals surface area contributed by atoms with Crippen molar-refractivity contribution in [2.24, 2.45) is 5.14 Å². The molecule has 0 saturated carbocycles. The van der Waals surface area contributed by atoms with E-state index >= 15 is 0 Å². The van der Waals surface area contributed by atoms with Crippen molar-refractivity contribution in [1.82, 2.24) is 15.6 Å². The van der Waals surface area contributed by atoms with E-state index in [-0.39, 0.29) is 23.3 Å². The van der Waals surface area contributed by atoms with Crippen LogP contribution in [0.4, 0.5) is 5.69 Å². The van der Waals surface area contributed by atoms with E-state index in [1.165, 1.54) is 0 Å². The maximum Gasteiger partial charge on any atom is 0.317 e. The summed E-state index contributed by atoms with van der Waals surface area (Å²) in [5, 5.41) is 21.7. The van der Waals surface area contributed by atoms with Crippen molar-refractivity contribution >= 4 is 49.1 Å². The predicted molar refractivity (Wildman–Crippen MR) is 93.0 cm³/mol. The highest BCUT2D eigenvalue weighted by Crippen LogP contribution is 2.27. The molecular weight excluding hydrogens is 370 g/mol. The smallest absolute Gasteiger partial charge is 0.317 e. The highest BCUT2D eigenvalue weighted by atomic mass is 32.2. The number of aromatic nitrogens is 1. The number of anilines is 1. The number of thiazole rings is 1. The first kappa shape index (κ1) is 19.2. The minimum atomic E-state index is -3.86. The van der Waals surface area contributed by atoms with E-state index < -0.39 is 16.0 Å². The molecule has 0 aliphatic carbocycles. The van der Waals surface area contributed by atoms with Gasteiger partial charge in [-0.1, -0.05) is 0 Å². The number of hydrogen-bond acceptors (Lipinski definition) is 8. The topological polar surface area (TPSA) is 164 Å². The van der Waals surface area contributed by atoms with E-state index in [2.05, 4.69) is 20.9 Å². The highest BCUT2D eigenvalue weighted by molar-refractivity contribution is 7.91. The highest BCUT2D eigenvalue weighted by Gasteiger charge is 2.14. The molecule has 0 spiro atoms. The lowest BCUT2D eigenvalue weighted by Gasteiger charge is -2.07. The summed E-state index contributed by atoms with van der Waals surface area (Å²) in [4.78, 5) is 26.1. The van der Waals surface area contributed by atoms with Gasteiger partial charge in [0, 0.05) is 18.8 Å². The number of benzene rings is 1. The number of fused-ring (bicyclic) bond motifs is 1. The van der Waals surface area contributed by atoms with Crippen LogP contribution in [0.15, 0.2) is 22.5 Å². The molecule has 2 rings (SSSR count). The van der Waals surface area contributed by atoms with Gasteiger partial charge in [0.05, 0.1) is 23.3 Å². The van der Waals surface area contributed by atoms with Crippen molar-refractivity contribution in [3.8, 4) is 0 Å². The van der Waals surface area contributed by atoms with E-state index in [0.29, 0.717) is 29.0 Å². The Morgan fingerprint density at radius 1 is 1.20 bits per heavy atom. The van der Waals surface area contributed by atoms with Crippen LogP contribution in [0.1, 0.15) is 0 Å². The molecule has 1 heterocycles. The van der Waals surface area contributed by atoms with Crippen LogP contribution >= 0.6 is 11.3 Å². The molecule has 1 amide bonds. The molecule has 0 atom stereocenters. The summed E-state index contributed by atoms with van der Waals surface area (Å²) < 4.78 is 23.0. The van der Waals surface area contributed by atoms with Crippen molar-refractivity contribution in [1.29, 1.82) is 0 Å². The summed E-state index contributed by atoms with van der Waals surface area (Å²) in [7, 11) is -3.86. The van der Waals surface area contributed by atoms with Gasteiger partial charge in [-0.2, -0.15) is 0 Å². The average molecular weight is 387 g/mol. The average Bonchev–Trinajstić information content (AvgIpc) is 2.94. The zero-order chi connectivity index (χ0) is 18.4. The first-order chi connectivity index (χ1) is 11.8. The Hall–Kier alpha value is -2.12. The second kappa shape index (κ2) is 8.31. The number of nitrogens with one attached hydrogen (secondary N) is 3. The number of carbonyl (C=O) groups excluding carboxylic acids is 1. The molecule has 25 heavy (non-hydrogen) atoms. The van der Waals surface area contributed by atoms with Gasteiger partial charge in [-0.05, 0) is 18.2 Å². The number of carboxylic acid groups (broad SMARTS) is 1. The number of aliphatic carboxylic acids is 1. The van der Waals surface area contributed by atoms with Gasteiger partial charge in [0.1, 0.15) is 0 Å². The van der Waals surface area contributed by atoms with Crippen LogP contribution in [-0.2, 0) is 19.6 Å². The van der Waals surface area contributed by atoms with Gasteiger partial charge >= 0.3 is 5.97 Å². The maximum atomic E-state index is 11.8. The van der Waals surface area contributed by atoms with E-state index in [1.54, 1.807) is 18.2 Å². The number of amides is 1. The second-order valence-electron chi connectivity index (χ2n) is 5.00. The number of rotatable bonds is 9. The predicted octanol–water partition coefficient (Wildman–Crippen LogP) is -0.854. The van der Waals surface area contributed by atoms with Gasteiger partial charge in [-0.25, -0.2) is 18.5 Å². The Bertz CT molecular complexity index is 880. The number of carboxylic acids is 1. The Kier molecular flexibility index (Phi) is 6.39. The van der Waals surface area contributed by atoms with Gasteiger partial charge in [0.25, 0.3) is 10.0 Å². The van der Waals surface area contributed by atoms with Crippen LogP contribution in [0.25, 0.3) is 10.2 Å². The molecule has 0 unspecified atom stereocenters. The number of nitrogens with zero attached hydrogens (tertiary/aromatic N) is 1. The number of nitrogens with two attached hydrogens (primary N) is 1. The van der Waals surface area contributed by atoms with Gasteiger partial charge in [0.15, 0.2) is 0 Å². The number of carbonyl (C=O) groups is 2. The monoisotopic (exact) mass is 387 g/mol. The molecule has 1 aromatic carbocycles. The maximum absolute atomic E-state index is 11.8. The van der Waals surface area contributed by atoms with Gasteiger partial charge in [-0.15, -0.1) is 11.3 Å². The quantitative estimate of drug-likeness (QED) is 0.347. The zero-order valence-electron chi connectivity index (χ0n) is 13.0. The molecule has 6 N–H and O–H groups in total. The van der Waals surface area contributed by atoms with Crippen LogP contribution < -0.4 is 21.1 Å². The SMILES string of the molecule is NS(=O)(=O)c1nc2ccc(NC(=O)CNCCNCC(=O)O)cc2s1. The van der Waals surface area contributed by atoms with Crippen molar-refractivity contribution in [2.45, 2.75) is 4.34 Å². The van der Waals surface area contributed by atoms with Gasteiger partial charge in [0.2, 0.25) is 10.2 Å². The lowest BCUT2D eigenvalue weighted by atomic mass is 10.3. The molecular formula is C13H17N5O5S2. The fraction of sp³-hybridized carbons (Fsp3) is 0.308. The third-order valence-corrected chi connectivity index (χ3v) is 5.27. The molecule has 0 bridgehead atoms.